The second kappa shape index (κ2) is 7.86. The average molecular weight is 424 g/mol. The van der Waals surface area contributed by atoms with Crippen molar-refractivity contribution in [3.05, 3.63) is 59.7 Å². The Morgan fingerprint density at radius 1 is 1.20 bits per heavy atom. The van der Waals surface area contributed by atoms with Crippen LogP contribution in [0.5, 0.6) is 11.5 Å². The van der Waals surface area contributed by atoms with E-state index in [1.165, 1.54) is 47.8 Å². The Kier molecular flexibility index (Phi) is 5.62. The van der Waals surface area contributed by atoms with Gasteiger partial charge in [0.1, 0.15) is 5.92 Å². The van der Waals surface area contributed by atoms with Crippen molar-refractivity contribution in [3.63, 3.8) is 0 Å². The number of urea groups is 1. The van der Waals surface area contributed by atoms with Gasteiger partial charge < -0.3 is 25.6 Å². The molecule has 1 fully saturated rings. The van der Waals surface area contributed by atoms with Crippen molar-refractivity contribution in [2.45, 2.75) is 24.9 Å². The molecule has 0 unspecified atom stereocenters. The van der Waals surface area contributed by atoms with Gasteiger partial charge >= 0.3 is 12.2 Å². The van der Waals surface area contributed by atoms with E-state index >= 15 is 0 Å². The fourth-order valence-electron chi connectivity index (χ4n) is 3.39. The number of alkyl halides is 3. The number of carbonyl (C=O) groups excluding carboxylic acids is 2. The molecular formula is C20H19F3N2O5. The summed E-state index contributed by atoms with van der Waals surface area (Å²) < 4.78 is 46.9. The molecule has 0 bridgehead atoms. The number of halogens is 3. The minimum Gasteiger partial charge on any atom is -0.504 e. The van der Waals surface area contributed by atoms with Crippen LogP contribution in [0.2, 0.25) is 0 Å². The minimum atomic E-state index is -5.35. The molecule has 3 rings (SSSR count). The van der Waals surface area contributed by atoms with Crippen LogP contribution in [-0.4, -0.2) is 40.5 Å². The van der Waals surface area contributed by atoms with E-state index in [2.05, 4.69) is 5.32 Å². The standard InChI is InChI=1S/C20H19F3N2O5/c1-2-30-14-10-12(8-9-13(14)26)16-15(17(27)11-6-4-3-5-7-11)19(29,20(21,22)23)25-18(28)24-16/h3-10,15-16,26,29H,2H2,1H3,(H2,24,25,28)/t15-,16+,19+/m0/s1. The number of ether oxygens (including phenoxy) is 1. The van der Waals surface area contributed by atoms with Crippen LogP contribution in [0.1, 0.15) is 28.9 Å². The molecule has 2 aromatic carbocycles. The fourth-order valence-corrected chi connectivity index (χ4v) is 3.39. The van der Waals surface area contributed by atoms with Gasteiger partial charge in [0.15, 0.2) is 17.3 Å². The van der Waals surface area contributed by atoms with Gasteiger partial charge in [0.05, 0.1) is 12.6 Å². The lowest BCUT2D eigenvalue weighted by Gasteiger charge is -2.45. The minimum absolute atomic E-state index is 0.0377. The first-order valence-corrected chi connectivity index (χ1v) is 9.01. The smallest absolute Gasteiger partial charge is 0.437 e. The normalized spacial score (nSPS) is 24.0. The van der Waals surface area contributed by atoms with E-state index in [-0.39, 0.29) is 29.2 Å². The number of ketones is 1. The summed E-state index contributed by atoms with van der Waals surface area (Å²) in [6.45, 7) is 1.80. The highest BCUT2D eigenvalue weighted by Crippen LogP contribution is 2.45. The highest BCUT2D eigenvalue weighted by molar-refractivity contribution is 6.00. The molecule has 1 aliphatic heterocycles. The van der Waals surface area contributed by atoms with Crippen molar-refractivity contribution in [3.8, 4) is 11.5 Å². The number of aliphatic hydroxyl groups is 1. The maximum Gasteiger partial charge on any atom is 0.437 e. The first-order chi connectivity index (χ1) is 14.1. The van der Waals surface area contributed by atoms with Gasteiger partial charge in [-0.25, -0.2) is 4.79 Å². The Bertz CT molecular complexity index is 951. The second-order valence-corrected chi connectivity index (χ2v) is 6.71. The Hall–Kier alpha value is -3.27. The number of aromatic hydroxyl groups is 1. The van der Waals surface area contributed by atoms with E-state index < -0.39 is 35.7 Å². The molecule has 0 aromatic heterocycles. The van der Waals surface area contributed by atoms with Gasteiger partial charge in [-0.2, -0.15) is 13.2 Å². The van der Waals surface area contributed by atoms with Crippen molar-refractivity contribution in [2.75, 3.05) is 6.61 Å². The van der Waals surface area contributed by atoms with Crippen LogP contribution < -0.4 is 15.4 Å². The Morgan fingerprint density at radius 2 is 1.87 bits per heavy atom. The van der Waals surface area contributed by atoms with Crippen molar-refractivity contribution in [1.82, 2.24) is 10.6 Å². The predicted molar refractivity (Wildman–Crippen MR) is 99.0 cm³/mol. The number of phenols is 1. The third kappa shape index (κ3) is 3.78. The summed E-state index contributed by atoms with van der Waals surface area (Å²) in [7, 11) is 0. The zero-order chi connectivity index (χ0) is 22.1. The van der Waals surface area contributed by atoms with E-state index in [4.69, 9.17) is 4.74 Å². The molecule has 10 heteroatoms. The fraction of sp³-hybridized carbons (Fsp3) is 0.300. The van der Waals surface area contributed by atoms with Gasteiger partial charge in [-0.15, -0.1) is 0 Å². The van der Waals surface area contributed by atoms with Crippen molar-refractivity contribution in [2.24, 2.45) is 5.92 Å². The summed E-state index contributed by atoms with van der Waals surface area (Å²) in [5.74, 6) is -3.49. The van der Waals surface area contributed by atoms with Crippen molar-refractivity contribution < 1.29 is 37.7 Å². The summed E-state index contributed by atoms with van der Waals surface area (Å²) in [5.41, 5.74) is -3.85. The van der Waals surface area contributed by atoms with Gasteiger partial charge in [0.2, 0.25) is 5.72 Å². The van der Waals surface area contributed by atoms with Crippen molar-refractivity contribution in [1.29, 1.82) is 0 Å². The maximum atomic E-state index is 13.9. The van der Waals surface area contributed by atoms with Gasteiger partial charge in [0, 0.05) is 5.56 Å². The molecule has 30 heavy (non-hydrogen) atoms. The molecule has 1 saturated heterocycles. The number of carbonyl (C=O) groups is 2. The van der Waals surface area contributed by atoms with Crippen LogP contribution in [0, 0.1) is 5.92 Å². The van der Waals surface area contributed by atoms with Crippen LogP contribution in [0.3, 0.4) is 0 Å². The molecule has 0 aliphatic carbocycles. The molecule has 2 amide bonds. The van der Waals surface area contributed by atoms with Gasteiger partial charge in [-0.05, 0) is 24.6 Å². The van der Waals surface area contributed by atoms with Crippen LogP contribution in [0.4, 0.5) is 18.0 Å². The molecule has 7 nitrogen and oxygen atoms in total. The third-order valence-corrected chi connectivity index (χ3v) is 4.79. The van der Waals surface area contributed by atoms with E-state index in [0.29, 0.717) is 0 Å². The molecular weight excluding hydrogens is 405 g/mol. The van der Waals surface area contributed by atoms with Gasteiger partial charge in [-0.1, -0.05) is 36.4 Å². The number of benzene rings is 2. The number of nitrogens with one attached hydrogen (secondary N) is 2. The monoisotopic (exact) mass is 424 g/mol. The molecule has 4 N–H and O–H groups in total. The van der Waals surface area contributed by atoms with Crippen LogP contribution in [0.15, 0.2) is 48.5 Å². The van der Waals surface area contributed by atoms with Gasteiger partial charge in [-0.3, -0.25) is 4.79 Å². The Labute approximate surface area is 169 Å². The number of amides is 2. The molecule has 0 radical (unpaired) electrons. The topological polar surface area (TPSA) is 108 Å². The lowest BCUT2D eigenvalue weighted by Crippen LogP contribution is -2.72. The third-order valence-electron chi connectivity index (χ3n) is 4.79. The van der Waals surface area contributed by atoms with Crippen LogP contribution >= 0.6 is 0 Å². The summed E-state index contributed by atoms with van der Waals surface area (Å²) >= 11 is 0. The summed E-state index contributed by atoms with van der Waals surface area (Å²) in [5, 5.41) is 24.2. The predicted octanol–water partition coefficient (Wildman–Crippen LogP) is 2.89. The number of Topliss-reactive ketones (excluding diaryl/α,β-unsaturated/α-hetero) is 1. The number of hydrogen-bond acceptors (Lipinski definition) is 5. The highest BCUT2D eigenvalue weighted by atomic mass is 19.4. The summed E-state index contributed by atoms with van der Waals surface area (Å²) in [6, 6.07) is 7.93. The molecule has 0 saturated carbocycles. The summed E-state index contributed by atoms with van der Waals surface area (Å²) in [4.78, 5) is 25.1. The lowest BCUT2D eigenvalue weighted by molar-refractivity contribution is -0.287. The Morgan fingerprint density at radius 3 is 2.47 bits per heavy atom. The van der Waals surface area contributed by atoms with E-state index in [0.717, 1.165) is 0 Å². The molecule has 160 valence electrons. The zero-order valence-corrected chi connectivity index (χ0v) is 15.7. The quantitative estimate of drug-likeness (QED) is 0.552. The van der Waals surface area contributed by atoms with E-state index in [9.17, 15) is 33.0 Å². The molecule has 0 spiro atoms. The van der Waals surface area contributed by atoms with Crippen LogP contribution in [0.25, 0.3) is 0 Å². The molecule has 1 aliphatic rings. The number of rotatable bonds is 5. The lowest BCUT2D eigenvalue weighted by atomic mass is 9.77. The maximum absolute atomic E-state index is 13.9. The molecule has 3 atom stereocenters. The largest absolute Gasteiger partial charge is 0.504 e. The highest BCUT2D eigenvalue weighted by Gasteiger charge is 2.66. The number of hydrogen-bond donors (Lipinski definition) is 4. The zero-order valence-electron chi connectivity index (χ0n) is 15.7. The first kappa shape index (κ1) is 21.4. The van der Waals surface area contributed by atoms with Crippen LogP contribution in [-0.2, 0) is 0 Å². The SMILES string of the molecule is CCOc1cc([C@H]2NC(=O)N[C@](O)(C(F)(F)F)[C@@H]2C(=O)c2ccccc2)ccc1O. The second-order valence-electron chi connectivity index (χ2n) is 6.71. The van der Waals surface area contributed by atoms with E-state index in [1.54, 1.807) is 13.0 Å². The molecule has 2 aromatic rings. The van der Waals surface area contributed by atoms with Crippen molar-refractivity contribution >= 4 is 11.8 Å². The average Bonchev–Trinajstić information content (AvgIpc) is 2.68. The Balaban J connectivity index is 2.17. The van der Waals surface area contributed by atoms with Gasteiger partial charge in [0.25, 0.3) is 0 Å². The number of phenolic OH excluding ortho intramolecular Hbond substituents is 1. The summed E-state index contributed by atoms with van der Waals surface area (Å²) in [6.07, 6.45) is -5.35. The molecule has 1 heterocycles. The van der Waals surface area contributed by atoms with E-state index in [1.807, 2.05) is 0 Å². The first-order valence-electron chi connectivity index (χ1n) is 9.01.